The molecule has 1 aliphatic rings. The van der Waals surface area contributed by atoms with E-state index in [1.807, 2.05) is 47.4 Å². The Kier molecular flexibility index (Phi) is 5.98. The predicted octanol–water partition coefficient (Wildman–Crippen LogP) is 5.24. The minimum atomic E-state index is -0.405. The van der Waals surface area contributed by atoms with Gasteiger partial charge in [-0.25, -0.2) is 0 Å². The SMILES string of the molecule is O=C(C(Sc1nnc(-c2ccc(Cl)cc2)o1)c1ccccc1)N1CCCCC1. The first-order valence-corrected chi connectivity index (χ1v) is 10.6. The van der Waals surface area contributed by atoms with Crippen molar-refractivity contribution >= 4 is 29.3 Å². The molecule has 1 unspecified atom stereocenters. The molecule has 1 atom stereocenters. The molecule has 1 saturated heterocycles. The second-order valence-electron chi connectivity index (χ2n) is 6.67. The first-order valence-electron chi connectivity index (χ1n) is 9.30. The third kappa shape index (κ3) is 4.39. The molecule has 0 aliphatic carbocycles. The van der Waals surface area contributed by atoms with Gasteiger partial charge in [0.2, 0.25) is 11.8 Å². The summed E-state index contributed by atoms with van der Waals surface area (Å²) in [5, 5.41) is 8.90. The Morgan fingerprint density at radius 1 is 1.00 bits per heavy atom. The zero-order chi connectivity index (χ0) is 19.3. The van der Waals surface area contributed by atoms with Gasteiger partial charge in [-0.1, -0.05) is 41.9 Å². The zero-order valence-electron chi connectivity index (χ0n) is 15.3. The lowest BCUT2D eigenvalue weighted by atomic mass is 10.1. The number of carbonyl (C=O) groups excluding carboxylic acids is 1. The highest BCUT2D eigenvalue weighted by atomic mass is 35.5. The van der Waals surface area contributed by atoms with E-state index in [1.165, 1.54) is 18.2 Å². The van der Waals surface area contributed by atoms with Crippen LogP contribution in [-0.4, -0.2) is 34.1 Å². The summed E-state index contributed by atoms with van der Waals surface area (Å²) in [6.07, 6.45) is 3.29. The molecule has 5 nitrogen and oxygen atoms in total. The number of likely N-dealkylation sites (tertiary alicyclic amines) is 1. The Morgan fingerprint density at radius 2 is 1.71 bits per heavy atom. The lowest BCUT2D eigenvalue weighted by Gasteiger charge is -2.29. The molecule has 3 aromatic rings. The van der Waals surface area contributed by atoms with E-state index in [0.717, 1.165) is 37.1 Å². The van der Waals surface area contributed by atoms with Crippen LogP contribution in [0.2, 0.25) is 5.02 Å². The average Bonchev–Trinajstić information content (AvgIpc) is 3.22. The Morgan fingerprint density at radius 3 is 2.43 bits per heavy atom. The van der Waals surface area contributed by atoms with Crippen LogP contribution in [0, 0.1) is 0 Å². The molecule has 28 heavy (non-hydrogen) atoms. The van der Waals surface area contributed by atoms with Crippen LogP contribution in [0.3, 0.4) is 0 Å². The predicted molar refractivity (Wildman–Crippen MR) is 110 cm³/mol. The molecule has 1 amide bonds. The first kappa shape index (κ1) is 19.0. The van der Waals surface area contributed by atoms with Crippen LogP contribution in [0.5, 0.6) is 0 Å². The number of nitrogens with zero attached hydrogens (tertiary/aromatic N) is 3. The van der Waals surface area contributed by atoms with Crippen LogP contribution in [0.15, 0.2) is 64.2 Å². The Labute approximate surface area is 173 Å². The number of rotatable bonds is 5. The van der Waals surface area contributed by atoms with E-state index in [9.17, 15) is 4.79 Å². The van der Waals surface area contributed by atoms with E-state index >= 15 is 0 Å². The molecule has 0 bridgehead atoms. The van der Waals surface area contributed by atoms with Gasteiger partial charge in [-0.05, 0) is 60.9 Å². The van der Waals surface area contributed by atoms with Gasteiger partial charge in [-0.15, -0.1) is 10.2 Å². The van der Waals surface area contributed by atoms with E-state index in [2.05, 4.69) is 10.2 Å². The second-order valence-corrected chi connectivity index (χ2v) is 8.17. The van der Waals surface area contributed by atoms with Gasteiger partial charge in [0.15, 0.2) is 0 Å². The van der Waals surface area contributed by atoms with E-state index in [4.69, 9.17) is 16.0 Å². The van der Waals surface area contributed by atoms with Gasteiger partial charge in [0.1, 0.15) is 5.25 Å². The Balaban J connectivity index is 1.57. The smallest absolute Gasteiger partial charge is 0.277 e. The fraction of sp³-hybridized carbons (Fsp3) is 0.286. The van der Waals surface area contributed by atoms with Crippen molar-refractivity contribution in [3.05, 3.63) is 65.2 Å². The largest absolute Gasteiger partial charge is 0.411 e. The summed E-state index contributed by atoms with van der Waals surface area (Å²) in [6.45, 7) is 1.62. The Hall–Kier alpha value is -2.31. The van der Waals surface area contributed by atoms with Crippen LogP contribution in [-0.2, 0) is 4.79 Å². The minimum Gasteiger partial charge on any atom is -0.411 e. The number of thioether (sulfide) groups is 1. The van der Waals surface area contributed by atoms with Crippen molar-refractivity contribution in [2.24, 2.45) is 0 Å². The van der Waals surface area contributed by atoms with Crippen LogP contribution < -0.4 is 0 Å². The molecule has 0 radical (unpaired) electrons. The molecule has 144 valence electrons. The van der Waals surface area contributed by atoms with Gasteiger partial charge >= 0.3 is 0 Å². The van der Waals surface area contributed by atoms with E-state index in [-0.39, 0.29) is 5.91 Å². The molecular formula is C21H20ClN3O2S. The normalized spacial score (nSPS) is 15.4. The summed E-state index contributed by atoms with van der Waals surface area (Å²) in [7, 11) is 0. The Bertz CT molecular complexity index is 924. The molecule has 0 saturated carbocycles. The first-order chi connectivity index (χ1) is 13.7. The highest BCUT2D eigenvalue weighted by Crippen LogP contribution is 2.37. The molecular weight excluding hydrogens is 394 g/mol. The monoisotopic (exact) mass is 413 g/mol. The number of halogens is 1. The zero-order valence-corrected chi connectivity index (χ0v) is 16.8. The van der Waals surface area contributed by atoms with Crippen molar-refractivity contribution in [3.63, 3.8) is 0 Å². The molecule has 2 aromatic carbocycles. The summed E-state index contributed by atoms with van der Waals surface area (Å²) in [5.74, 6) is 0.513. The number of amides is 1. The quantitative estimate of drug-likeness (QED) is 0.535. The molecule has 7 heteroatoms. The maximum atomic E-state index is 13.2. The van der Waals surface area contributed by atoms with Crippen molar-refractivity contribution in [2.75, 3.05) is 13.1 Å². The summed E-state index contributed by atoms with van der Waals surface area (Å²) in [6, 6.07) is 17.0. The number of hydrogen-bond acceptors (Lipinski definition) is 5. The maximum Gasteiger partial charge on any atom is 0.277 e. The van der Waals surface area contributed by atoms with E-state index in [1.54, 1.807) is 12.1 Å². The summed E-state index contributed by atoms with van der Waals surface area (Å²) >= 11 is 7.24. The number of aromatic nitrogens is 2. The molecule has 0 N–H and O–H groups in total. The molecule has 0 spiro atoms. The van der Waals surface area contributed by atoms with Crippen LogP contribution in [0.1, 0.15) is 30.1 Å². The van der Waals surface area contributed by atoms with Gasteiger partial charge in [0.25, 0.3) is 5.22 Å². The lowest BCUT2D eigenvalue weighted by Crippen LogP contribution is -2.38. The summed E-state index contributed by atoms with van der Waals surface area (Å²) in [5.41, 5.74) is 1.73. The van der Waals surface area contributed by atoms with Crippen LogP contribution in [0.4, 0.5) is 0 Å². The standard InChI is InChI=1S/C21H20ClN3O2S/c22-17-11-9-16(10-12-17)19-23-24-21(27-19)28-18(15-7-3-1-4-8-15)20(26)25-13-5-2-6-14-25/h1,3-4,7-12,18H,2,5-6,13-14H2. The minimum absolute atomic E-state index is 0.0992. The highest BCUT2D eigenvalue weighted by Gasteiger charge is 2.29. The average molecular weight is 414 g/mol. The van der Waals surface area contributed by atoms with E-state index in [0.29, 0.717) is 16.1 Å². The summed E-state index contributed by atoms with van der Waals surface area (Å²) in [4.78, 5) is 15.2. The second kappa shape index (κ2) is 8.80. The number of benzene rings is 2. The number of carbonyl (C=O) groups is 1. The molecule has 1 aliphatic heterocycles. The third-order valence-corrected chi connectivity index (χ3v) is 6.04. The van der Waals surface area contributed by atoms with Crippen molar-refractivity contribution in [2.45, 2.75) is 29.7 Å². The van der Waals surface area contributed by atoms with Gasteiger partial charge in [-0.3, -0.25) is 4.79 Å². The maximum absolute atomic E-state index is 13.2. The van der Waals surface area contributed by atoms with Crippen molar-refractivity contribution < 1.29 is 9.21 Å². The van der Waals surface area contributed by atoms with Crippen LogP contribution in [0.25, 0.3) is 11.5 Å². The molecule has 2 heterocycles. The number of piperidine rings is 1. The number of hydrogen-bond donors (Lipinski definition) is 0. The van der Waals surface area contributed by atoms with Gasteiger partial charge in [0.05, 0.1) is 0 Å². The van der Waals surface area contributed by atoms with Crippen molar-refractivity contribution in [3.8, 4) is 11.5 Å². The molecule has 1 aromatic heterocycles. The third-order valence-electron chi connectivity index (χ3n) is 4.71. The summed E-state index contributed by atoms with van der Waals surface area (Å²) < 4.78 is 5.83. The fourth-order valence-corrected chi connectivity index (χ4v) is 4.32. The topological polar surface area (TPSA) is 59.2 Å². The van der Waals surface area contributed by atoms with Crippen molar-refractivity contribution in [1.82, 2.24) is 15.1 Å². The van der Waals surface area contributed by atoms with Crippen LogP contribution >= 0.6 is 23.4 Å². The molecule has 4 rings (SSSR count). The van der Waals surface area contributed by atoms with E-state index < -0.39 is 5.25 Å². The fourth-order valence-electron chi connectivity index (χ4n) is 3.24. The molecule has 1 fully saturated rings. The lowest BCUT2D eigenvalue weighted by molar-refractivity contribution is -0.131. The van der Waals surface area contributed by atoms with Gasteiger partial charge in [-0.2, -0.15) is 0 Å². The van der Waals surface area contributed by atoms with Gasteiger partial charge in [0, 0.05) is 23.7 Å². The van der Waals surface area contributed by atoms with Gasteiger partial charge < -0.3 is 9.32 Å². The van der Waals surface area contributed by atoms with Crippen molar-refractivity contribution in [1.29, 1.82) is 0 Å². The highest BCUT2D eigenvalue weighted by molar-refractivity contribution is 8.00.